The van der Waals surface area contributed by atoms with Gasteiger partial charge in [0.25, 0.3) is 0 Å². The number of aliphatic imine (C=N–C) groups is 1. The molecule has 0 spiro atoms. The largest absolute Gasteiger partial charge is 0.480 e. The molecule has 1 aromatic heterocycles. The molecule has 0 aliphatic rings. The minimum atomic E-state index is -1.50. The van der Waals surface area contributed by atoms with Crippen LogP contribution in [0.1, 0.15) is 25.5 Å². The number of aliphatic carboxylic acids is 1. The lowest BCUT2D eigenvalue weighted by Gasteiger charge is -2.26. The van der Waals surface area contributed by atoms with Gasteiger partial charge in [-0.2, -0.15) is 12.6 Å². The first-order chi connectivity index (χ1) is 16.5. The summed E-state index contributed by atoms with van der Waals surface area (Å²) in [6.45, 7) is 1.52. The normalized spacial score (nSPS) is 15.1. The standard InChI is InChI=1S/C19H33N9O6S/c1-9(29)14(17(32)27-13(7-35)18(33)34)28-16(31)12(5-10-6-23-8-25-10)26-15(30)11(20)3-2-4-24-19(21)22/h6,8-9,11-14,29,35H,2-5,7,20H2,1H3,(H,23,25)(H,26,30)(H,27,32)(H,28,31)(H,33,34)(H4,21,22,24). The molecule has 0 aliphatic heterocycles. The summed E-state index contributed by atoms with van der Waals surface area (Å²) in [5, 5.41) is 26.2. The number of nitrogens with two attached hydrogens (primary N) is 3. The lowest BCUT2D eigenvalue weighted by molar-refractivity contribution is -0.142. The molecule has 15 nitrogen and oxygen atoms in total. The average Bonchev–Trinajstić information content (AvgIpc) is 3.30. The number of carboxylic acids is 1. The zero-order chi connectivity index (χ0) is 26.5. The van der Waals surface area contributed by atoms with Crippen molar-refractivity contribution in [2.45, 2.75) is 56.5 Å². The van der Waals surface area contributed by atoms with Gasteiger partial charge in [-0.25, -0.2) is 9.78 Å². The zero-order valence-electron chi connectivity index (χ0n) is 19.2. The van der Waals surface area contributed by atoms with Crippen LogP contribution in [0, 0.1) is 0 Å². The average molecular weight is 516 g/mol. The second-order valence-corrected chi connectivity index (χ2v) is 8.07. The van der Waals surface area contributed by atoms with E-state index in [4.69, 9.17) is 22.3 Å². The smallest absolute Gasteiger partial charge is 0.327 e. The second-order valence-electron chi connectivity index (χ2n) is 7.71. The maximum Gasteiger partial charge on any atom is 0.327 e. The number of amides is 3. The molecule has 1 aromatic rings. The number of carbonyl (C=O) groups is 4. The Labute approximate surface area is 207 Å². The molecule has 196 valence electrons. The van der Waals surface area contributed by atoms with Gasteiger partial charge < -0.3 is 48.3 Å². The third kappa shape index (κ3) is 10.6. The minimum Gasteiger partial charge on any atom is -0.480 e. The fraction of sp³-hybridized carbons (Fsp3) is 0.579. The molecule has 0 saturated carbocycles. The summed E-state index contributed by atoms with van der Waals surface area (Å²) in [5.74, 6) is -3.99. The lowest BCUT2D eigenvalue weighted by Crippen LogP contribution is -2.60. The Bertz CT molecular complexity index is 876. The highest BCUT2D eigenvalue weighted by atomic mass is 32.1. The van der Waals surface area contributed by atoms with Gasteiger partial charge >= 0.3 is 5.97 Å². The van der Waals surface area contributed by atoms with E-state index >= 15 is 0 Å². The minimum absolute atomic E-state index is 0.0270. The predicted molar refractivity (Wildman–Crippen MR) is 129 cm³/mol. The molecule has 16 heteroatoms. The van der Waals surface area contributed by atoms with Crippen LogP contribution in [-0.2, 0) is 25.6 Å². The Balaban J connectivity index is 2.92. The first-order valence-electron chi connectivity index (χ1n) is 10.7. The molecule has 35 heavy (non-hydrogen) atoms. The number of aliphatic hydroxyl groups is 1. The van der Waals surface area contributed by atoms with Crippen LogP contribution >= 0.6 is 12.6 Å². The number of imidazole rings is 1. The van der Waals surface area contributed by atoms with Crippen molar-refractivity contribution in [3.63, 3.8) is 0 Å². The number of carbonyl (C=O) groups excluding carboxylic acids is 3. The van der Waals surface area contributed by atoms with Crippen LogP contribution < -0.4 is 33.2 Å². The first kappa shape index (κ1) is 29.7. The summed E-state index contributed by atoms with van der Waals surface area (Å²) < 4.78 is 0. The van der Waals surface area contributed by atoms with E-state index in [9.17, 15) is 24.3 Å². The Morgan fingerprint density at radius 1 is 1.14 bits per heavy atom. The molecule has 1 rings (SSSR count). The first-order valence-corrected chi connectivity index (χ1v) is 11.3. The SMILES string of the molecule is CC(O)C(NC(=O)C(Cc1cnc[nH]1)NC(=O)C(N)CCCN=C(N)N)C(=O)NC(CS)C(=O)O. The summed E-state index contributed by atoms with van der Waals surface area (Å²) in [6.07, 6.45) is 2.08. The van der Waals surface area contributed by atoms with Crippen molar-refractivity contribution >= 4 is 42.3 Å². The summed E-state index contributed by atoms with van der Waals surface area (Å²) >= 11 is 3.87. The van der Waals surface area contributed by atoms with Gasteiger partial charge in [-0.05, 0) is 19.8 Å². The van der Waals surface area contributed by atoms with Gasteiger partial charge in [0.05, 0.1) is 18.5 Å². The summed E-state index contributed by atoms with van der Waals surface area (Å²) in [7, 11) is 0. The molecular weight excluding hydrogens is 482 g/mol. The fourth-order valence-electron chi connectivity index (χ4n) is 2.86. The number of nitrogens with zero attached hydrogens (tertiary/aromatic N) is 2. The Hall–Kier alpha value is -3.37. The van der Waals surface area contributed by atoms with E-state index in [2.05, 4.69) is 43.5 Å². The fourth-order valence-corrected chi connectivity index (χ4v) is 3.11. The van der Waals surface area contributed by atoms with Crippen LogP contribution in [0.5, 0.6) is 0 Å². The van der Waals surface area contributed by atoms with Crippen LogP contribution in [0.2, 0.25) is 0 Å². The van der Waals surface area contributed by atoms with Crippen molar-refractivity contribution in [1.29, 1.82) is 0 Å². The molecule has 0 saturated heterocycles. The number of carboxylic acid groups (broad SMARTS) is 1. The highest BCUT2D eigenvalue weighted by Crippen LogP contribution is 2.04. The predicted octanol–water partition coefficient (Wildman–Crippen LogP) is -3.82. The molecule has 0 bridgehead atoms. The van der Waals surface area contributed by atoms with E-state index < -0.39 is 54.0 Å². The van der Waals surface area contributed by atoms with E-state index in [-0.39, 0.29) is 31.1 Å². The summed E-state index contributed by atoms with van der Waals surface area (Å²) in [5.41, 5.74) is 16.9. The molecule has 0 radical (unpaired) electrons. The summed E-state index contributed by atoms with van der Waals surface area (Å²) in [4.78, 5) is 59.8. The van der Waals surface area contributed by atoms with E-state index in [1.54, 1.807) is 0 Å². The number of H-pyrrole nitrogens is 1. The van der Waals surface area contributed by atoms with Crippen molar-refractivity contribution in [2.75, 3.05) is 12.3 Å². The van der Waals surface area contributed by atoms with E-state index in [0.717, 1.165) is 0 Å². The lowest BCUT2D eigenvalue weighted by atomic mass is 10.1. The molecule has 5 unspecified atom stereocenters. The number of rotatable bonds is 15. The van der Waals surface area contributed by atoms with Gasteiger partial charge in [-0.3, -0.25) is 19.4 Å². The number of aromatic nitrogens is 2. The number of hydrogen-bond donors (Lipinski definition) is 10. The van der Waals surface area contributed by atoms with E-state index in [1.165, 1.54) is 19.4 Å². The highest BCUT2D eigenvalue weighted by Gasteiger charge is 2.32. The number of aliphatic hydroxyl groups excluding tert-OH is 1. The van der Waals surface area contributed by atoms with E-state index in [1.807, 2.05) is 0 Å². The third-order valence-electron chi connectivity index (χ3n) is 4.78. The molecule has 5 atom stereocenters. The molecule has 0 fully saturated rings. The van der Waals surface area contributed by atoms with Gasteiger partial charge in [0.1, 0.15) is 18.1 Å². The van der Waals surface area contributed by atoms with Gasteiger partial charge in [0.2, 0.25) is 17.7 Å². The maximum atomic E-state index is 13.0. The molecule has 0 aromatic carbocycles. The van der Waals surface area contributed by atoms with Crippen molar-refractivity contribution < 1.29 is 29.4 Å². The van der Waals surface area contributed by atoms with Gasteiger partial charge in [0.15, 0.2) is 5.96 Å². The highest BCUT2D eigenvalue weighted by molar-refractivity contribution is 7.80. The third-order valence-corrected chi connectivity index (χ3v) is 5.14. The van der Waals surface area contributed by atoms with Gasteiger partial charge in [0, 0.05) is 30.6 Å². The molecule has 0 aliphatic carbocycles. The summed E-state index contributed by atoms with van der Waals surface area (Å²) in [6, 6.07) is -5.00. The Morgan fingerprint density at radius 2 is 1.80 bits per heavy atom. The number of aromatic amines is 1. The van der Waals surface area contributed by atoms with Crippen LogP contribution in [0.3, 0.4) is 0 Å². The van der Waals surface area contributed by atoms with Crippen LogP contribution in [-0.4, -0.2) is 92.4 Å². The van der Waals surface area contributed by atoms with Crippen LogP contribution in [0.4, 0.5) is 0 Å². The van der Waals surface area contributed by atoms with Crippen molar-refractivity contribution in [3.8, 4) is 0 Å². The van der Waals surface area contributed by atoms with Crippen LogP contribution in [0.15, 0.2) is 17.5 Å². The maximum absolute atomic E-state index is 13.0. The molecular formula is C19H33N9O6S. The number of guanidine groups is 1. The van der Waals surface area contributed by atoms with E-state index in [0.29, 0.717) is 12.1 Å². The number of nitrogens with one attached hydrogen (secondary N) is 4. The van der Waals surface area contributed by atoms with Crippen molar-refractivity contribution in [2.24, 2.45) is 22.2 Å². The monoisotopic (exact) mass is 515 g/mol. The quantitative estimate of drug-likeness (QED) is 0.0470. The number of thiol groups is 1. The van der Waals surface area contributed by atoms with Gasteiger partial charge in [-0.1, -0.05) is 0 Å². The Kier molecular flexibility index (Phi) is 12.5. The Morgan fingerprint density at radius 3 is 2.31 bits per heavy atom. The molecule has 12 N–H and O–H groups in total. The van der Waals surface area contributed by atoms with Crippen molar-refractivity contribution in [3.05, 3.63) is 18.2 Å². The number of hydrogen-bond acceptors (Lipinski definition) is 9. The topological polar surface area (TPSA) is 264 Å². The van der Waals surface area contributed by atoms with Gasteiger partial charge in [-0.15, -0.1) is 0 Å². The zero-order valence-corrected chi connectivity index (χ0v) is 20.1. The van der Waals surface area contributed by atoms with Crippen LogP contribution in [0.25, 0.3) is 0 Å². The molecule has 1 heterocycles. The van der Waals surface area contributed by atoms with Crippen molar-refractivity contribution in [1.82, 2.24) is 25.9 Å². The second kappa shape index (κ2) is 14.8. The molecule has 3 amide bonds.